The van der Waals surface area contributed by atoms with Gasteiger partial charge in [0.15, 0.2) is 0 Å². The van der Waals surface area contributed by atoms with Gasteiger partial charge in [0.05, 0.1) is 5.56 Å². The van der Waals surface area contributed by atoms with E-state index < -0.39 is 5.82 Å². The van der Waals surface area contributed by atoms with Crippen LogP contribution in [-0.4, -0.2) is 36.7 Å². The topological polar surface area (TPSA) is 32.3 Å². The van der Waals surface area contributed by atoms with Crippen LogP contribution in [0.25, 0.3) is 0 Å². The van der Waals surface area contributed by atoms with Crippen molar-refractivity contribution in [2.75, 3.05) is 25.9 Å². The number of amides is 1. The number of thioether (sulfide) groups is 1. The quantitative estimate of drug-likeness (QED) is 0.772. The molecule has 2 aromatic carbocycles. The van der Waals surface area contributed by atoms with E-state index >= 15 is 0 Å². The lowest BCUT2D eigenvalue weighted by molar-refractivity contribution is 0.0931. The summed E-state index contributed by atoms with van der Waals surface area (Å²) in [5.74, 6) is -0.329. The highest BCUT2D eigenvalue weighted by Crippen LogP contribution is 2.24. The van der Waals surface area contributed by atoms with Crippen molar-refractivity contribution in [1.29, 1.82) is 0 Å². The van der Waals surface area contributed by atoms with Crippen LogP contribution in [-0.2, 0) is 6.54 Å². The number of hydrogen-bond acceptors (Lipinski definition) is 3. The highest BCUT2D eigenvalue weighted by atomic mass is 32.2. The molecule has 2 aromatic rings. The van der Waals surface area contributed by atoms with Crippen molar-refractivity contribution in [2.45, 2.75) is 24.3 Å². The molecule has 3 nitrogen and oxygen atoms in total. The predicted molar refractivity (Wildman–Crippen MR) is 105 cm³/mol. The Hall–Kier alpha value is -1.85. The van der Waals surface area contributed by atoms with Gasteiger partial charge in [-0.3, -0.25) is 9.69 Å². The molecule has 5 heteroatoms. The first-order valence-corrected chi connectivity index (χ1v) is 10.3. The highest BCUT2D eigenvalue weighted by molar-refractivity contribution is 7.98. The molecule has 0 saturated carbocycles. The normalized spacial score (nSPS) is 15.8. The van der Waals surface area contributed by atoms with E-state index in [2.05, 4.69) is 40.7 Å². The van der Waals surface area contributed by atoms with Crippen LogP contribution in [0.5, 0.6) is 0 Å². The molecule has 1 aliphatic heterocycles. The molecule has 0 aromatic heterocycles. The van der Waals surface area contributed by atoms with Crippen LogP contribution in [0.3, 0.4) is 0 Å². The fourth-order valence-electron chi connectivity index (χ4n) is 3.40. The zero-order valence-electron chi connectivity index (χ0n) is 15.1. The molecule has 3 rings (SSSR count). The van der Waals surface area contributed by atoms with Gasteiger partial charge in [-0.25, -0.2) is 4.39 Å². The molecular weight excluding hydrogens is 347 g/mol. The number of rotatable bonds is 6. The van der Waals surface area contributed by atoms with Crippen LogP contribution in [0.4, 0.5) is 4.39 Å². The largest absolute Gasteiger partial charge is 0.352 e. The van der Waals surface area contributed by atoms with Crippen molar-refractivity contribution in [3.63, 3.8) is 0 Å². The van der Waals surface area contributed by atoms with Crippen LogP contribution in [0.15, 0.2) is 53.4 Å². The molecule has 1 amide bonds. The van der Waals surface area contributed by atoms with Gasteiger partial charge in [0.1, 0.15) is 5.82 Å². The fourth-order valence-corrected chi connectivity index (χ4v) is 4.01. The average molecular weight is 373 g/mol. The number of piperidine rings is 1. The Bertz CT molecular complexity index is 744. The smallest absolute Gasteiger partial charge is 0.254 e. The molecule has 138 valence electrons. The molecule has 1 N–H and O–H groups in total. The van der Waals surface area contributed by atoms with E-state index in [-0.39, 0.29) is 11.5 Å². The molecule has 0 spiro atoms. The average Bonchev–Trinajstić information content (AvgIpc) is 2.68. The number of carbonyl (C=O) groups is 1. The zero-order valence-corrected chi connectivity index (χ0v) is 15.9. The van der Waals surface area contributed by atoms with Crippen molar-refractivity contribution in [1.82, 2.24) is 10.2 Å². The molecular formula is C21H25FN2OS. The SMILES string of the molecule is CSc1ccccc1CN1CCC(CNC(=O)c2ccccc2F)CC1. The number of hydrogen-bond donors (Lipinski definition) is 1. The van der Waals surface area contributed by atoms with Gasteiger partial charge >= 0.3 is 0 Å². The molecule has 1 saturated heterocycles. The van der Waals surface area contributed by atoms with Crippen molar-refractivity contribution in [2.24, 2.45) is 5.92 Å². The summed E-state index contributed by atoms with van der Waals surface area (Å²) in [4.78, 5) is 15.9. The lowest BCUT2D eigenvalue weighted by Crippen LogP contribution is -2.38. The summed E-state index contributed by atoms with van der Waals surface area (Å²) in [6.45, 7) is 3.65. The van der Waals surface area contributed by atoms with E-state index in [0.717, 1.165) is 32.5 Å². The minimum absolute atomic E-state index is 0.124. The zero-order chi connectivity index (χ0) is 18.4. The highest BCUT2D eigenvalue weighted by Gasteiger charge is 2.21. The van der Waals surface area contributed by atoms with E-state index in [1.54, 1.807) is 23.9 Å². The Kier molecular flexibility index (Phi) is 6.69. The molecule has 0 radical (unpaired) electrons. The Labute approximate surface area is 159 Å². The van der Waals surface area contributed by atoms with E-state index in [1.165, 1.54) is 22.6 Å². The number of carbonyl (C=O) groups excluding carboxylic acids is 1. The molecule has 1 heterocycles. The van der Waals surface area contributed by atoms with Crippen LogP contribution in [0, 0.1) is 11.7 Å². The second kappa shape index (κ2) is 9.19. The first kappa shape index (κ1) is 18.9. The minimum Gasteiger partial charge on any atom is -0.352 e. The van der Waals surface area contributed by atoms with Gasteiger partial charge in [0.25, 0.3) is 5.91 Å². The Morgan fingerprint density at radius 1 is 1.15 bits per heavy atom. The van der Waals surface area contributed by atoms with Crippen molar-refractivity contribution >= 4 is 17.7 Å². The van der Waals surface area contributed by atoms with Gasteiger partial charge < -0.3 is 5.32 Å². The summed E-state index contributed by atoms with van der Waals surface area (Å²) in [6.07, 6.45) is 4.22. The maximum atomic E-state index is 13.7. The van der Waals surface area contributed by atoms with Crippen molar-refractivity contribution < 1.29 is 9.18 Å². The van der Waals surface area contributed by atoms with Gasteiger partial charge in [-0.15, -0.1) is 11.8 Å². The lowest BCUT2D eigenvalue weighted by Gasteiger charge is -2.32. The molecule has 1 fully saturated rings. The van der Waals surface area contributed by atoms with Crippen LogP contribution >= 0.6 is 11.8 Å². The Morgan fingerprint density at radius 3 is 2.58 bits per heavy atom. The summed E-state index contributed by atoms with van der Waals surface area (Å²) >= 11 is 1.79. The number of nitrogens with one attached hydrogen (secondary N) is 1. The third-order valence-corrected chi connectivity index (χ3v) is 5.80. The summed E-state index contributed by atoms with van der Waals surface area (Å²) in [6, 6.07) is 14.7. The van der Waals surface area contributed by atoms with Crippen LogP contribution in [0.1, 0.15) is 28.8 Å². The standard InChI is InChI=1S/C21H25FN2OS/c1-26-20-9-5-2-6-17(20)15-24-12-10-16(11-13-24)14-23-21(25)18-7-3-4-8-19(18)22/h2-9,16H,10-15H2,1H3,(H,23,25). The van der Waals surface area contributed by atoms with Gasteiger partial charge in [-0.2, -0.15) is 0 Å². The Balaban J connectivity index is 1.45. The maximum Gasteiger partial charge on any atom is 0.254 e. The van der Waals surface area contributed by atoms with Gasteiger partial charge in [-0.05, 0) is 61.9 Å². The summed E-state index contributed by atoms with van der Waals surface area (Å²) in [7, 11) is 0. The monoisotopic (exact) mass is 372 g/mol. The van der Waals surface area contributed by atoms with Gasteiger partial charge in [0, 0.05) is 18.0 Å². The van der Waals surface area contributed by atoms with Gasteiger partial charge in [0.2, 0.25) is 0 Å². The second-order valence-corrected chi connectivity index (χ2v) is 7.57. The summed E-state index contributed by atoms with van der Waals surface area (Å²) < 4.78 is 13.7. The van der Waals surface area contributed by atoms with E-state index in [4.69, 9.17) is 0 Å². The predicted octanol–water partition coefficient (Wildman–Crippen LogP) is 4.19. The van der Waals surface area contributed by atoms with E-state index in [9.17, 15) is 9.18 Å². The van der Waals surface area contributed by atoms with Crippen LogP contribution < -0.4 is 5.32 Å². The number of benzene rings is 2. The van der Waals surface area contributed by atoms with E-state index in [1.807, 2.05) is 0 Å². The first-order chi connectivity index (χ1) is 12.7. The molecule has 0 unspecified atom stereocenters. The van der Waals surface area contributed by atoms with E-state index in [0.29, 0.717) is 12.5 Å². The van der Waals surface area contributed by atoms with Gasteiger partial charge in [-0.1, -0.05) is 30.3 Å². The number of nitrogens with zero attached hydrogens (tertiary/aromatic N) is 1. The number of halogens is 1. The minimum atomic E-state index is -0.465. The lowest BCUT2D eigenvalue weighted by atomic mass is 9.96. The first-order valence-electron chi connectivity index (χ1n) is 9.04. The number of likely N-dealkylation sites (tertiary alicyclic amines) is 1. The second-order valence-electron chi connectivity index (χ2n) is 6.72. The molecule has 1 aliphatic rings. The fraction of sp³-hybridized carbons (Fsp3) is 0.381. The molecule has 0 bridgehead atoms. The third kappa shape index (κ3) is 4.86. The maximum absolute atomic E-state index is 13.7. The van der Waals surface area contributed by atoms with Crippen molar-refractivity contribution in [3.05, 3.63) is 65.5 Å². The summed E-state index contributed by atoms with van der Waals surface area (Å²) in [5.41, 5.74) is 1.50. The summed E-state index contributed by atoms with van der Waals surface area (Å²) in [5, 5.41) is 2.89. The molecule has 0 atom stereocenters. The Morgan fingerprint density at radius 2 is 1.85 bits per heavy atom. The third-order valence-electron chi connectivity index (χ3n) is 4.96. The molecule has 26 heavy (non-hydrogen) atoms. The van der Waals surface area contributed by atoms with Crippen molar-refractivity contribution in [3.8, 4) is 0 Å². The molecule has 0 aliphatic carbocycles. The van der Waals surface area contributed by atoms with Crippen LogP contribution in [0.2, 0.25) is 0 Å².